The number of nitrogens with two attached hydrogens (primary N) is 1. The molecule has 2 aromatic rings. The van der Waals surface area contributed by atoms with Crippen LogP contribution in [-0.2, 0) is 20.9 Å². The number of anilines is 2. The Bertz CT molecular complexity index is 658. The lowest BCUT2D eigenvalue weighted by Crippen LogP contribution is -2.23. The predicted octanol–water partition coefficient (Wildman–Crippen LogP) is 0.181. The van der Waals surface area contributed by atoms with Crippen LogP contribution in [0.1, 0.15) is 0 Å². The highest BCUT2D eigenvalue weighted by Crippen LogP contribution is 2.08. The Kier molecular flexibility index (Phi) is 4.44. The van der Waals surface area contributed by atoms with Crippen LogP contribution in [0.2, 0.25) is 0 Å². The smallest absolute Gasteiger partial charge is 0.328 e. The molecular formula is C12H12FN5O3. The normalized spacial score (nSPS) is 10.1. The highest BCUT2D eigenvalue weighted by molar-refractivity contribution is 5.92. The number of hydrogen-bond donors (Lipinski definition) is 2. The number of nitrogen functional groups attached to an aromatic ring is 1. The summed E-state index contributed by atoms with van der Waals surface area (Å²) in [6.45, 7) is -0.697. The maximum atomic E-state index is 12.9. The third-order valence-electron chi connectivity index (χ3n) is 2.32. The summed E-state index contributed by atoms with van der Waals surface area (Å²) in [5.74, 6) is -1.69. The van der Waals surface area contributed by atoms with Gasteiger partial charge in [-0.1, -0.05) is 6.07 Å². The number of nitrogens with one attached hydrogen (secondary N) is 1. The van der Waals surface area contributed by atoms with E-state index in [0.717, 1.165) is 6.07 Å². The largest absolute Gasteiger partial charge is 0.454 e. The van der Waals surface area contributed by atoms with Crippen molar-refractivity contribution in [1.82, 2.24) is 14.8 Å². The Hall–Kier alpha value is -2.97. The van der Waals surface area contributed by atoms with Gasteiger partial charge in [0.25, 0.3) is 5.91 Å². The lowest BCUT2D eigenvalue weighted by atomic mass is 10.3. The SMILES string of the molecule is Nc1ncn(CC(=O)OCC(=O)Nc2cccc(F)c2)n1. The third-order valence-corrected chi connectivity index (χ3v) is 2.32. The topological polar surface area (TPSA) is 112 Å². The van der Waals surface area contributed by atoms with Gasteiger partial charge in [-0.15, -0.1) is 5.10 Å². The van der Waals surface area contributed by atoms with Gasteiger partial charge in [-0.3, -0.25) is 9.59 Å². The minimum atomic E-state index is -0.672. The average molecular weight is 293 g/mol. The molecule has 1 amide bonds. The van der Waals surface area contributed by atoms with Crippen LogP contribution < -0.4 is 11.1 Å². The Morgan fingerprint density at radius 1 is 1.43 bits per heavy atom. The van der Waals surface area contributed by atoms with Crippen molar-refractivity contribution in [3.8, 4) is 0 Å². The second-order valence-corrected chi connectivity index (χ2v) is 4.02. The van der Waals surface area contributed by atoms with E-state index >= 15 is 0 Å². The van der Waals surface area contributed by atoms with Crippen LogP contribution in [-0.4, -0.2) is 33.2 Å². The van der Waals surface area contributed by atoms with Crippen LogP contribution in [0.5, 0.6) is 0 Å². The predicted molar refractivity (Wildman–Crippen MR) is 70.4 cm³/mol. The number of rotatable bonds is 5. The van der Waals surface area contributed by atoms with Gasteiger partial charge in [0.2, 0.25) is 5.95 Å². The molecule has 3 N–H and O–H groups in total. The van der Waals surface area contributed by atoms with E-state index in [4.69, 9.17) is 10.5 Å². The molecule has 0 aliphatic rings. The van der Waals surface area contributed by atoms with Gasteiger partial charge in [0.15, 0.2) is 6.61 Å². The highest BCUT2D eigenvalue weighted by atomic mass is 19.1. The van der Waals surface area contributed by atoms with Crippen LogP contribution in [0.25, 0.3) is 0 Å². The molecule has 110 valence electrons. The quantitative estimate of drug-likeness (QED) is 0.761. The number of benzene rings is 1. The molecule has 1 aromatic carbocycles. The first-order valence-electron chi connectivity index (χ1n) is 5.89. The first-order chi connectivity index (χ1) is 10.0. The van der Waals surface area contributed by atoms with Gasteiger partial charge in [0.1, 0.15) is 18.7 Å². The fourth-order valence-electron chi connectivity index (χ4n) is 1.47. The van der Waals surface area contributed by atoms with Crippen LogP contribution in [0.4, 0.5) is 16.0 Å². The standard InChI is InChI=1S/C12H12FN5O3/c13-8-2-1-3-9(4-8)16-10(19)6-21-11(20)5-18-7-15-12(14)17-18/h1-4,7H,5-6H2,(H2,14,17)(H,16,19). The second-order valence-electron chi connectivity index (χ2n) is 4.02. The summed E-state index contributed by atoms with van der Waals surface area (Å²) in [5, 5.41) is 6.09. The molecular weight excluding hydrogens is 281 g/mol. The molecule has 0 saturated heterocycles. The van der Waals surface area contributed by atoms with Gasteiger partial charge in [0.05, 0.1) is 0 Å². The van der Waals surface area contributed by atoms with Crippen molar-refractivity contribution < 1.29 is 18.7 Å². The number of aromatic nitrogens is 3. The Morgan fingerprint density at radius 3 is 2.90 bits per heavy atom. The first-order valence-corrected chi connectivity index (χ1v) is 5.89. The molecule has 0 radical (unpaired) electrons. The monoisotopic (exact) mass is 293 g/mol. The number of carbonyl (C=O) groups excluding carboxylic acids is 2. The number of amides is 1. The summed E-state index contributed by atoms with van der Waals surface area (Å²) >= 11 is 0. The van der Waals surface area contributed by atoms with E-state index in [2.05, 4.69) is 15.4 Å². The first kappa shape index (κ1) is 14.4. The Morgan fingerprint density at radius 2 is 2.24 bits per heavy atom. The van der Waals surface area contributed by atoms with Gasteiger partial charge >= 0.3 is 5.97 Å². The fraction of sp³-hybridized carbons (Fsp3) is 0.167. The molecule has 1 heterocycles. The number of hydrogen-bond acceptors (Lipinski definition) is 6. The zero-order valence-corrected chi connectivity index (χ0v) is 10.8. The summed E-state index contributed by atoms with van der Waals surface area (Å²) < 4.78 is 18.8. The van der Waals surface area contributed by atoms with Gasteiger partial charge in [-0.25, -0.2) is 14.1 Å². The van der Waals surface area contributed by atoms with Crippen LogP contribution in [0.15, 0.2) is 30.6 Å². The minimum Gasteiger partial charge on any atom is -0.454 e. The van der Waals surface area contributed by atoms with Gasteiger partial charge < -0.3 is 15.8 Å². The van der Waals surface area contributed by atoms with E-state index in [1.165, 1.54) is 29.2 Å². The second kappa shape index (κ2) is 6.46. The lowest BCUT2D eigenvalue weighted by molar-refractivity contribution is -0.148. The molecule has 0 spiro atoms. The summed E-state index contributed by atoms with van der Waals surface area (Å²) in [6.07, 6.45) is 1.27. The molecule has 21 heavy (non-hydrogen) atoms. The number of nitrogens with zero attached hydrogens (tertiary/aromatic N) is 3. The van der Waals surface area contributed by atoms with Crippen molar-refractivity contribution in [2.45, 2.75) is 6.54 Å². The molecule has 9 heteroatoms. The van der Waals surface area contributed by atoms with E-state index < -0.39 is 24.3 Å². The Labute approximate surface area is 118 Å². The number of halogens is 1. The van der Waals surface area contributed by atoms with E-state index in [1.54, 1.807) is 0 Å². The summed E-state index contributed by atoms with van der Waals surface area (Å²) in [7, 11) is 0. The molecule has 0 aliphatic carbocycles. The Balaban J connectivity index is 1.77. The lowest BCUT2D eigenvalue weighted by Gasteiger charge is -2.06. The van der Waals surface area contributed by atoms with E-state index in [-0.39, 0.29) is 18.2 Å². The van der Waals surface area contributed by atoms with Gasteiger partial charge in [-0.05, 0) is 18.2 Å². The maximum Gasteiger partial charge on any atom is 0.328 e. The molecule has 0 atom stereocenters. The van der Waals surface area contributed by atoms with Crippen molar-refractivity contribution >= 4 is 23.5 Å². The van der Waals surface area contributed by atoms with Gasteiger partial charge in [-0.2, -0.15) is 0 Å². The molecule has 8 nitrogen and oxygen atoms in total. The minimum absolute atomic E-state index is 0.0339. The fourth-order valence-corrected chi connectivity index (χ4v) is 1.47. The zero-order valence-electron chi connectivity index (χ0n) is 10.8. The van der Waals surface area contributed by atoms with Crippen molar-refractivity contribution in [2.24, 2.45) is 0 Å². The van der Waals surface area contributed by atoms with Gasteiger partial charge in [0, 0.05) is 5.69 Å². The number of carbonyl (C=O) groups is 2. The molecule has 0 unspecified atom stereocenters. The van der Waals surface area contributed by atoms with Crippen LogP contribution in [0, 0.1) is 5.82 Å². The van der Waals surface area contributed by atoms with Crippen LogP contribution in [0.3, 0.4) is 0 Å². The third kappa shape index (κ3) is 4.56. The molecule has 0 saturated carbocycles. The zero-order chi connectivity index (χ0) is 15.2. The summed E-state index contributed by atoms with van der Waals surface area (Å²) in [5.41, 5.74) is 5.56. The summed E-state index contributed by atoms with van der Waals surface area (Å²) in [4.78, 5) is 26.6. The van der Waals surface area contributed by atoms with Crippen molar-refractivity contribution in [3.63, 3.8) is 0 Å². The van der Waals surface area contributed by atoms with E-state index in [9.17, 15) is 14.0 Å². The van der Waals surface area contributed by atoms with Crippen molar-refractivity contribution in [3.05, 3.63) is 36.4 Å². The van der Waals surface area contributed by atoms with E-state index in [1.807, 2.05) is 0 Å². The molecule has 0 aliphatic heterocycles. The molecule has 0 fully saturated rings. The number of esters is 1. The highest BCUT2D eigenvalue weighted by Gasteiger charge is 2.10. The van der Waals surface area contributed by atoms with Crippen LogP contribution >= 0.6 is 0 Å². The van der Waals surface area contributed by atoms with Crippen molar-refractivity contribution in [2.75, 3.05) is 17.7 Å². The summed E-state index contributed by atoms with van der Waals surface area (Å²) in [6, 6.07) is 5.37. The van der Waals surface area contributed by atoms with Crippen molar-refractivity contribution in [1.29, 1.82) is 0 Å². The van der Waals surface area contributed by atoms with E-state index in [0.29, 0.717) is 0 Å². The maximum absolute atomic E-state index is 12.9. The molecule has 2 rings (SSSR count). The average Bonchev–Trinajstić information content (AvgIpc) is 2.82. The molecule has 1 aromatic heterocycles. The molecule has 0 bridgehead atoms. The number of ether oxygens (including phenoxy) is 1.